The molecule has 0 unspecified atom stereocenters. The summed E-state index contributed by atoms with van der Waals surface area (Å²) >= 11 is 0. The van der Waals surface area contributed by atoms with E-state index in [0.29, 0.717) is 33.8 Å². The second-order valence-corrected chi connectivity index (χ2v) is 24.0. The quantitative estimate of drug-likeness (QED) is 0.0526. The van der Waals surface area contributed by atoms with E-state index in [1.54, 1.807) is 12.1 Å². The molecule has 6 heteroatoms. The van der Waals surface area contributed by atoms with E-state index in [-0.39, 0.29) is 32.8 Å². The van der Waals surface area contributed by atoms with Gasteiger partial charge < -0.3 is 19.1 Å². The summed E-state index contributed by atoms with van der Waals surface area (Å²) in [6.07, 6.45) is 2.01. The van der Waals surface area contributed by atoms with Crippen LogP contribution in [0.2, 0.25) is 0 Å². The summed E-state index contributed by atoms with van der Waals surface area (Å²) in [4.78, 5) is 30.2. The molecular weight excluding hydrogens is 911 g/mol. The van der Waals surface area contributed by atoms with Crippen LogP contribution in [-0.4, -0.2) is 11.9 Å². The fourth-order valence-corrected chi connectivity index (χ4v) is 12.3. The minimum atomic E-state index is -0.716. The molecule has 0 spiro atoms. The molecule has 10 aromatic rings. The van der Waals surface area contributed by atoms with Gasteiger partial charge in [0, 0.05) is 38.6 Å². The maximum Gasteiger partial charge on any atom is 0.346 e. The highest BCUT2D eigenvalue weighted by Gasteiger charge is 2.35. The molecule has 6 nitrogen and oxygen atoms in total. The number of esters is 2. The van der Waals surface area contributed by atoms with Crippen molar-refractivity contribution in [3.8, 4) is 34.1 Å². The SMILES string of the molecule is CC(C)(C)CC(C)(C)c1ccc(Oc2cc3c4c(cc(Oc5ccc(C(C)(C)CC(C)(C)C)cc5)c5c6ccc(-c7ccc(N(c8ccccc8)c8ccccc8)cc7)c7cccc(c2c45)c76)C(=O)OC3=O)cc1. The monoisotopic (exact) mass is 973 g/mol. The Morgan fingerprint density at radius 1 is 0.392 bits per heavy atom. The number of hydrogen-bond acceptors (Lipinski definition) is 6. The Morgan fingerprint density at radius 3 is 1.28 bits per heavy atom. The summed E-state index contributed by atoms with van der Waals surface area (Å²) in [5.74, 6) is 0.771. The maximum atomic E-state index is 14.0. The molecule has 370 valence electrons. The van der Waals surface area contributed by atoms with Crippen molar-refractivity contribution in [2.45, 2.75) is 92.9 Å². The van der Waals surface area contributed by atoms with Gasteiger partial charge in [-0.05, 0) is 151 Å². The fourth-order valence-electron chi connectivity index (χ4n) is 12.3. The summed E-state index contributed by atoms with van der Waals surface area (Å²) in [6.45, 7) is 22.8. The van der Waals surface area contributed by atoms with E-state index in [0.717, 1.165) is 73.3 Å². The van der Waals surface area contributed by atoms with Crippen molar-refractivity contribution in [1.82, 2.24) is 0 Å². The smallest absolute Gasteiger partial charge is 0.346 e. The maximum absolute atomic E-state index is 14.0. The molecular formula is C68H63NO5. The third-order valence-electron chi connectivity index (χ3n) is 14.7. The third-order valence-corrected chi connectivity index (χ3v) is 14.7. The van der Waals surface area contributed by atoms with Crippen LogP contribution in [0, 0.1) is 10.8 Å². The van der Waals surface area contributed by atoms with Gasteiger partial charge in [0.25, 0.3) is 0 Å². The van der Waals surface area contributed by atoms with Gasteiger partial charge in [-0.15, -0.1) is 0 Å². The van der Waals surface area contributed by atoms with Crippen LogP contribution < -0.4 is 14.4 Å². The zero-order chi connectivity index (χ0) is 51.9. The van der Waals surface area contributed by atoms with Gasteiger partial charge in [-0.3, -0.25) is 0 Å². The predicted molar refractivity (Wildman–Crippen MR) is 305 cm³/mol. The van der Waals surface area contributed by atoms with E-state index in [4.69, 9.17) is 14.2 Å². The van der Waals surface area contributed by atoms with Crippen LogP contribution >= 0.6 is 0 Å². The van der Waals surface area contributed by atoms with Crippen LogP contribution in [0.1, 0.15) is 114 Å². The first-order valence-electron chi connectivity index (χ1n) is 25.8. The van der Waals surface area contributed by atoms with Crippen LogP contribution in [0.15, 0.2) is 176 Å². The Bertz CT molecular complexity index is 3580. The van der Waals surface area contributed by atoms with E-state index in [1.165, 1.54) is 11.1 Å². The summed E-state index contributed by atoms with van der Waals surface area (Å²) < 4.78 is 19.5. The number of nitrogens with zero attached hydrogens (tertiary/aromatic N) is 1. The normalized spacial score (nSPS) is 13.3. The number of anilines is 3. The Balaban J connectivity index is 1.13. The van der Waals surface area contributed by atoms with Crippen molar-refractivity contribution in [2.75, 3.05) is 4.90 Å². The van der Waals surface area contributed by atoms with Crippen molar-refractivity contribution in [3.63, 3.8) is 0 Å². The molecule has 0 saturated heterocycles. The topological polar surface area (TPSA) is 65.1 Å². The lowest BCUT2D eigenvalue weighted by Crippen LogP contribution is -2.24. The van der Waals surface area contributed by atoms with Gasteiger partial charge in [0.2, 0.25) is 0 Å². The lowest BCUT2D eigenvalue weighted by Gasteiger charge is -2.33. The zero-order valence-corrected chi connectivity index (χ0v) is 44.1. The average molecular weight is 974 g/mol. The first-order chi connectivity index (χ1) is 35.2. The van der Waals surface area contributed by atoms with E-state index >= 15 is 0 Å². The molecule has 1 aliphatic rings. The lowest BCUT2D eigenvalue weighted by atomic mass is 9.72. The molecule has 1 aliphatic heterocycles. The van der Waals surface area contributed by atoms with E-state index in [1.807, 2.05) is 36.4 Å². The van der Waals surface area contributed by atoms with Crippen LogP contribution in [0.3, 0.4) is 0 Å². The molecule has 0 amide bonds. The Labute approximate surface area is 434 Å². The first kappa shape index (κ1) is 48.3. The van der Waals surface area contributed by atoms with Gasteiger partial charge in [-0.25, -0.2) is 9.59 Å². The Morgan fingerprint density at radius 2 is 0.824 bits per heavy atom. The van der Waals surface area contributed by atoms with E-state index in [2.05, 4.69) is 202 Å². The third kappa shape index (κ3) is 8.91. The molecule has 1 heterocycles. The molecule has 0 radical (unpaired) electrons. The standard InChI is InChI=1S/C68H63NO5/c1-65(2,3)40-67(7,8)43-26-32-48(33-27-43)72-56-38-54-59-55(64(71)74-63(54)70)39-57(73-49-34-28-44(29-35-49)68(9,10)41-66(4,5)6)61-53-37-36-50(51-22-17-23-52(58(51)53)60(56)62(59)61)42-24-30-47(31-25-42)69(45-18-13-11-14-19-45)46-20-15-12-16-21-46/h11-39H,40-41H2,1-10H3. The highest BCUT2D eigenvalue weighted by atomic mass is 16.6. The van der Waals surface area contributed by atoms with Crippen LogP contribution in [-0.2, 0) is 15.6 Å². The number of carbonyl (C=O) groups excluding carboxylic acids is 2. The zero-order valence-electron chi connectivity index (χ0n) is 44.1. The first-order valence-corrected chi connectivity index (χ1v) is 25.8. The molecule has 0 aromatic heterocycles. The predicted octanol–water partition coefficient (Wildman–Crippen LogP) is 19.2. The number of carbonyl (C=O) groups is 2. The van der Waals surface area contributed by atoms with Crippen LogP contribution in [0.25, 0.3) is 54.2 Å². The number of cyclic esters (lactones) is 2. The Hall–Kier alpha value is -7.96. The Kier molecular flexibility index (Phi) is 11.7. The van der Waals surface area contributed by atoms with Crippen molar-refractivity contribution >= 4 is 72.1 Å². The fraction of sp³-hybridized carbons (Fsp3) is 0.235. The van der Waals surface area contributed by atoms with Gasteiger partial charge >= 0.3 is 11.9 Å². The number of fused-ring (bicyclic) bond motifs is 2. The molecule has 10 aromatic carbocycles. The summed E-state index contributed by atoms with van der Waals surface area (Å²) in [7, 11) is 0. The van der Waals surface area contributed by atoms with Gasteiger partial charge in [-0.1, -0.05) is 172 Å². The van der Waals surface area contributed by atoms with Crippen molar-refractivity contribution in [2.24, 2.45) is 10.8 Å². The van der Waals surface area contributed by atoms with E-state index < -0.39 is 11.9 Å². The molecule has 0 aliphatic carbocycles. The number of rotatable bonds is 12. The van der Waals surface area contributed by atoms with Crippen molar-refractivity contribution < 1.29 is 23.8 Å². The summed E-state index contributed by atoms with van der Waals surface area (Å²) in [6, 6.07) is 60.4. The molecule has 0 fully saturated rings. The van der Waals surface area contributed by atoms with Gasteiger partial charge in [0.15, 0.2) is 0 Å². The second-order valence-electron chi connectivity index (χ2n) is 24.0. The largest absolute Gasteiger partial charge is 0.457 e. The van der Waals surface area contributed by atoms with Crippen LogP contribution in [0.4, 0.5) is 17.1 Å². The highest BCUT2D eigenvalue weighted by molar-refractivity contribution is 6.40. The second kappa shape index (κ2) is 17.9. The molecule has 0 N–H and O–H groups in total. The molecule has 0 bridgehead atoms. The lowest BCUT2D eigenvalue weighted by molar-refractivity contribution is 0.0390. The van der Waals surface area contributed by atoms with Gasteiger partial charge in [0.05, 0.1) is 11.1 Å². The average Bonchev–Trinajstić information content (AvgIpc) is 3.35. The minimum absolute atomic E-state index is 0.0720. The van der Waals surface area contributed by atoms with Crippen molar-refractivity contribution in [3.05, 3.63) is 198 Å². The molecule has 0 saturated carbocycles. The number of benzene rings is 10. The van der Waals surface area contributed by atoms with Crippen molar-refractivity contribution in [1.29, 1.82) is 0 Å². The van der Waals surface area contributed by atoms with Gasteiger partial charge in [0.1, 0.15) is 23.0 Å². The van der Waals surface area contributed by atoms with Crippen LogP contribution in [0.5, 0.6) is 23.0 Å². The van der Waals surface area contributed by atoms with E-state index in [9.17, 15) is 9.59 Å². The number of para-hydroxylation sites is 2. The minimum Gasteiger partial charge on any atom is -0.457 e. The highest BCUT2D eigenvalue weighted by Crippen LogP contribution is 2.53. The summed E-state index contributed by atoms with van der Waals surface area (Å²) in [5, 5.41) is 6.68. The molecule has 0 atom stereocenters. The summed E-state index contributed by atoms with van der Waals surface area (Å²) in [5.41, 5.74) is 8.38. The molecule has 74 heavy (non-hydrogen) atoms. The molecule has 11 rings (SSSR count). The van der Waals surface area contributed by atoms with Gasteiger partial charge in [-0.2, -0.15) is 0 Å². The number of hydrogen-bond donors (Lipinski definition) is 0. The number of ether oxygens (including phenoxy) is 3.